The van der Waals surface area contributed by atoms with Crippen molar-refractivity contribution in [2.75, 3.05) is 13.1 Å². The molecule has 0 aliphatic heterocycles. The molecule has 0 unspecified atom stereocenters. The molecule has 0 fully saturated rings. The van der Waals surface area contributed by atoms with E-state index >= 15 is 0 Å². The van der Waals surface area contributed by atoms with Crippen molar-refractivity contribution in [2.45, 2.75) is 93.1 Å². The number of aromatic nitrogens is 8. The number of halogens is 8. The van der Waals surface area contributed by atoms with Gasteiger partial charge in [0.1, 0.15) is 23.3 Å². The summed E-state index contributed by atoms with van der Waals surface area (Å²) >= 11 is 0. The van der Waals surface area contributed by atoms with Crippen LogP contribution < -0.4 is 10.2 Å². The molecule has 377 valence electrons. The van der Waals surface area contributed by atoms with Gasteiger partial charge >= 0.3 is 48.6 Å². The van der Waals surface area contributed by atoms with E-state index in [0.717, 1.165) is 101 Å². The number of rotatable bonds is 16. The van der Waals surface area contributed by atoms with Crippen molar-refractivity contribution in [2.24, 2.45) is 0 Å². The van der Waals surface area contributed by atoms with Gasteiger partial charge in [-0.15, -0.1) is 6.10 Å². The molecule has 0 aliphatic carbocycles. The Morgan fingerprint density at radius 1 is 0.500 bits per heavy atom. The van der Waals surface area contributed by atoms with E-state index in [0.29, 0.717) is 39.3 Å². The molecule has 8 aromatic rings. The number of carboxylic acid groups (broad SMARTS) is 1. The number of carbonyl (C=O) groups is 1. The van der Waals surface area contributed by atoms with Crippen LogP contribution in [0.3, 0.4) is 0 Å². The number of nitrogens with zero attached hydrogens (tertiary/aromatic N) is 10. The third-order valence-electron chi connectivity index (χ3n) is 10.6. The van der Waals surface area contributed by atoms with E-state index in [-0.39, 0.29) is 34.1 Å². The quantitative estimate of drug-likeness (QED) is 0.0697. The van der Waals surface area contributed by atoms with Crippen LogP contribution in [0.5, 0.6) is 0 Å². The number of imidazole rings is 4. The van der Waals surface area contributed by atoms with Gasteiger partial charge in [-0.3, -0.25) is 9.80 Å². The standard InChI is InChI=1S/C43H49N10O.C2H4O2.2BF4.2Fe/c1-5-50-36-21-13-9-17-32(36)44-40(50)27-48(28-41-45-33-18-10-14-22-37(33)51(41)6-2)25-31(54)26-49(29-42-46-34-19-11-15-23-38(34)52(42)7-3)30-43-47-35-20-12-16-24-39(35)53(43)8-4;1-2(3)4;2*2-1(3,4)5;;/h9-24,31H,5-8,25-30H2,1-4H3;1H3,(H,3,4);;;;/q-1;;2*-1;+2;+3/p-1. The summed E-state index contributed by atoms with van der Waals surface area (Å²) < 4.78 is 87.1. The molecule has 0 saturated heterocycles. The van der Waals surface area contributed by atoms with Crippen LogP contribution >= 0.6 is 0 Å². The average molecular weight is 1070 g/mol. The molecular weight excluding hydrogens is 1010 g/mol. The molecule has 1 radical (unpaired) electrons. The molecule has 0 atom stereocenters. The van der Waals surface area contributed by atoms with Crippen LogP contribution in [0.15, 0.2) is 97.1 Å². The van der Waals surface area contributed by atoms with E-state index in [1.165, 1.54) is 0 Å². The number of carbonyl (C=O) groups excluding carboxylic acids is 1. The molecule has 0 saturated carbocycles. The average Bonchev–Trinajstić information content (AvgIpc) is 4.00. The van der Waals surface area contributed by atoms with Crippen LogP contribution in [0.2, 0.25) is 0 Å². The smallest absolute Gasteiger partial charge is 0.850 e. The number of hydrogen-bond donors (Lipinski definition) is 0. The molecule has 0 aliphatic rings. The fraction of sp³-hybridized carbons (Fsp3) is 0.356. The van der Waals surface area contributed by atoms with Gasteiger partial charge in [0, 0.05) is 32.1 Å². The van der Waals surface area contributed by atoms with E-state index in [1.807, 2.05) is 24.3 Å². The minimum Gasteiger partial charge on any atom is -0.850 e. The maximum atomic E-state index is 14.6. The zero-order chi connectivity index (χ0) is 49.8. The Bertz CT molecular complexity index is 2520. The summed E-state index contributed by atoms with van der Waals surface area (Å²) in [6, 6.07) is 33.1. The van der Waals surface area contributed by atoms with Gasteiger partial charge in [-0.2, -0.15) is 0 Å². The molecule has 4 aromatic heterocycles. The van der Waals surface area contributed by atoms with Gasteiger partial charge in [0.05, 0.1) is 70.3 Å². The number of aryl methyl sites for hydroxylation is 4. The summed E-state index contributed by atoms with van der Waals surface area (Å²) in [5, 5.41) is 23.5. The van der Waals surface area contributed by atoms with Crippen LogP contribution in [0, 0.1) is 0 Å². The van der Waals surface area contributed by atoms with Crippen molar-refractivity contribution in [1.29, 1.82) is 0 Å². The van der Waals surface area contributed by atoms with Crippen molar-refractivity contribution >= 4 is 64.6 Å². The Balaban J connectivity index is 0.000000717. The SMILES string of the molecule is CC(=O)[O-].CCn1c(CN(Cc2nc3ccccc3n2CC)CC([O-])CN(Cc2nc3ccccc3n2CC)Cc2nc3ccccc3n2CC)nc2ccccc21.F[B-](F)(F)F.F[B-](F)(F)F.[Fe+2].[Fe+3]. The maximum absolute atomic E-state index is 14.6. The second kappa shape index (κ2) is 26.8. The number of para-hydroxylation sites is 8. The van der Waals surface area contributed by atoms with E-state index in [4.69, 9.17) is 29.8 Å². The Hall–Kier alpha value is -5.28. The van der Waals surface area contributed by atoms with Crippen LogP contribution in [-0.2, 0) is 91.3 Å². The topological polar surface area (TPSA) is 141 Å². The molecule has 4 heterocycles. The fourth-order valence-corrected chi connectivity index (χ4v) is 8.20. The Morgan fingerprint density at radius 3 is 0.871 bits per heavy atom. The first-order valence-electron chi connectivity index (χ1n) is 22.0. The zero-order valence-corrected chi connectivity index (χ0v) is 41.2. The normalized spacial score (nSPS) is 11.6. The van der Waals surface area contributed by atoms with Crippen molar-refractivity contribution < 1.29 is 83.7 Å². The Kier molecular flexibility index (Phi) is 22.6. The second-order valence-corrected chi connectivity index (χ2v) is 15.5. The summed E-state index contributed by atoms with van der Waals surface area (Å²) in [6.07, 6.45) is -0.928. The van der Waals surface area contributed by atoms with Crippen LogP contribution in [0.1, 0.15) is 57.9 Å². The predicted octanol–water partition coefficient (Wildman–Crippen LogP) is 7.95. The zero-order valence-electron chi connectivity index (χ0n) is 39.0. The second-order valence-electron chi connectivity index (χ2n) is 15.5. The van der Waals surface area contributed by atoms with Crippen molar-refractivity contribution in [3.8, 4) is 0 Å². The first-order chi connectivity index (χ1) is 32.2. The predicted molar refractivity (Wildman–Crippen MR) is 245 cm³/mol. The largest absolute Gasteiger partial charge is 3.00 e. The molecule has 8 rings (SSSR count). The number of fused-ring (bicyclic) bond motifs is 4. The molecule has 0 spiro atoms. The number of benzene rings is 4. The maximum Gasteiger partial charge on any atom is 3.00 e. The van der Waals surface area contributed by atoms with E-state index in [9.17, 15) is 39.6 Å². The first-order valence-corrected chi connectivity index (χ1v) is 22.0. The minimum absolute atomic E-state index is 0. The number of carboxylic acids is 1. The van der Waals surface area contributed by atoms with E-state index in [2.05, 4.69) is 129 Å². The first kappa shape index (κ1) is 59.0. The Morgan fingerprint density at radius 2 is 0.686 bits per heavy atom. The van der Waals surface area contributed by atoms with Gasteiger partial charge in [0.25, 0.3) is 0 Å². The third-order valence-corrected chi connectivity index (χ3v) is 10.6. The fourth-order valence-electron chi connectivity index (χ4n) is 8.20. The van der Waals surface area contributed by atoms with Gasteiger partial charge in [-0.05, 0) is 96.2 Å². The van der Waals surface area contributed by atoms with Crippen LogP contribution in [0.25, 0.3) is 44.1 Å². The van der Waals surface area contributed by atoms with Crippen molar-refractivity contribution in [1.82, 2.24) is 48.0 Å². The summed E-state index contributed by atoms with van der Waals surface area (Å²) in [4.78, 5) is 33.7. The van der Waals surface area contributed by atoms with Crippen molar-refractivity contribution in [3.05, 3.63) is 120 Å². The minimum atomic E-state index is -6.00. The van der Waals surface area contributed by atoms with Crippen LogP contribution in [0.4, 0.5) is 34.5 Å². The summed E-state index contributed by atoms with van der Waals surface area (Å²) in [5.41, 5.74) is 8.32. The van der Waals surface area contributed by atoms with E-state index in [1.54, 1.807) is 0 Å². The van der Waals surface area contributed by atoms with E-state index < -0.39 is 26.6 Å². The van der Waals surface area contributed by atoms with Gasteiger partial charge in [0.2, 0.25) is 0 Å². The summed E-state index contributed by atoms with van der Waals surface area (Å²) in [7, 11) is -12.0. The molecule has 13 nitrogen and oxygen atoms in total. The molecule has 4 aromatic carbocycles. The van der Waals surface area contributed by atoms with Crippen LogP contribution in [-0.4, -0.2) is 87.7 Å². The summed E-state index contributed by atoms with van der Waals surface area (Å²) in [6.45, 7) is 15.5. The number of aliphatic carboxylic acids is 1. The third kappa shape index (κ3) is 17.0. The van der Waals surface area contributed by atoms with Gasteiger partial charge in [-0.1, -0.05) is 48.5 Å². The number of hydrogen-bond acceptors (Lipinski definition) is 9. The molecule has 25 heteroatoms. The molecule has 0 amide bonds. The van der Waals surface area contributed by atoms with Gasteiger partial charge < -0.3 is 67.8 Å². The Labute approximate surface area is 421 Å². The van der Waals surface area contributed by atoms with Crippen molar-refractivity contribution in [3.63, 3.8) is 0 Å². The van der Waals surface area contributed by atoms with Gasteiger partial charge in [-0.25, -0.2) is 19.9 Å². The van der Waals surface area contributed by atoms with Gasteiger partial charge in [0.15, 0.2) is 0 Å². The molecule has 0 bridgehead atoms. The monoisotopic (exact) mass is 1070 g/mol. The molecular formula is C45H52B2F8Fe2N10O3+. The summed E-state index contributed by atoms with van der Waals surface area (Å²) in [5.74, 6) is 2.73. The molecule has 70 heavy (non-hydrogen) atoms. The molecule has 0 N–H and O–H groups in total.